The average Bonchev–Trinajstić information content (AvgIpc) is 2.65. The van der Waals surface area contributed by atoms with Crippen molar-refractivity contribution in [2.45, 2.75) is 12.5 Å². The third-order valence-electron chi connectivity index (χ3n) is 3.21. The van der Waals surface area contributed by atoms with Crippen molar-refractivity contribution in [2.24, 2.45) is 0 Å². The summed E-state index contributed by atoms with van der Waals surface area (Å²) < 4.78 is 4.81. The fourth-order valence-corrected chi connectivity index (χ4v) is 2.19. The Bertz CT molecular complexity index is 761. The molecule has 138 valence electrons. The molecule has 0 radical (unpaired) electrons. The molecule has 0 unspecified atom stereocenters. The molecule has 1 atom stereocenters. The molecule has 1 aromatic carbocycles. The number of carbonyl (C=O) groups excluding carboxylic acids is 2. The molecule has 10 nitrogen and oxygen atoms in total. The third-order valence-corrected chi connectivity index (χ3v) is 3.38. The molecule has 0 bridgehead atoms. The number of aromatic nitrogens is 3. The van der Waals surface area contributed by atoms with E-state index >= 15 is 0 Å². The molecule has 1 amide bonds. The van der Waals surface area contributed by atoms with Crippen LogP contribution < -0.4 is 16.1 Å². The Kier molecular flexibility index (Phi) is 7.06. The smallest absolute Gasteiger partial charge is 0.328 e. The van der Waals surface area contributed by atoms with E-state index in [9.17, 15) is 9.59 Å². The molecule has 0 saturated heterocycles. The van der Waals surface area contributed by atoms with Gasteiger partial charge in [-0.15, -0.1) is 0 Å². The third kappa shape index (κ3) is 5.83. The van der Waals surface area contributed by atoms with E-state index in [1.807, 2.05) is 30.3 Å². The molecule has 0 aliphatic heterocycles. The molecule has 11 heteroatoms. The first-order valence-corrected chi connectivity index (χ1v) is 7.86. The number of hydrogen-bond acceptors (Lipinski definition) is 9. The number of carbonyl (C=O) groups is 2. The second-order valence-electron chi connectivity index (χ2n) is 5.05. The lowest BCUT2D eigenvalue weighted by Crippen LogP contribution is -2.34. The van der Waals surface area contributed by atoms with Crippen LogP contribution in [0.4, 0.5) is 11.9 Å². The van der Waals surface area contributed by atoms with Crippen LogP contribution in [0.15, 0.2) is 30.3 Å². The molecule has 26 heavy (non-hydrogen) atoms. The highest BCUT2D eigenvalue weighted by molar-refractivity contribution is 6.28. The highest BCUT2D eigenvalue weighted by atomic mass is 35.5. The highest BCUT2D eigenvalue weighted by Crippen LogP contribution is 2.13. The predicted molar refractivity (Wildman–Crippen MR) is 92.8 cm³/mol. The number of benzene rings is 1. The van der Waals surface area contributed by atoms with Gasteiger partial charge in [0.1, 0.15) is 6.04 Å². The van der Waals surface area contributed by atoms with Gasteiger partial charge in [-0.05, 0) is 17.2 Å². The Morgan fingerprint density at radius 3 is 2.54 bits per heavy atom. The zero-order valence-electron chi connectivity index (χ0n) is 13.8. The quantitative estimate of drug-likeness (QED) is 0.295. The second-order valence-corrected chi connectivity index (χ2v) is 5.39. The van der Waals surface area contributed by atoms with E-state index in [4.69, 9.17) is 21.5 Å². The van der Waals surface area contributed by atoms with Crippen LogP contribution in [-0.4, -0.2) is 51.7 Å². The van der Waals surface area contributed by atoms with Crippen LogP contribution >= 0.6 is 11.6 Å². The summed E-state index contributed by atoms with van der Waals surface area (Å²) in [5.41, 5.74) is 2.37. The molecule has 0 spiro atoms. The standard InChI is InChI=1S/C15H17ClN6O4/c1-26-12(24)10(7-9-5-3-2-4-6-9)18-15-20-13(16)19-14(21-15)17-8-11(23)22-25/h2-6,10,25H,7-8H2,1H3,(H,22,23)(H2,17,18,19,20,21)/t10-/m0/s1. The van der Waals surface area contributed by atoms with Crippen LogP contribution in [0, 0.1) is 0 Å². The number of nitrogens with one attached hydrogen (secondary N) is 3. The van der Waals surface area contributed by atoms with E-state index in [1.54, 1.807) is 0 Å². The van der Waals surface area contributed by atoms with Crippen molar-refractivity contribution in [1.82, 2.24) is 20.4 Å². The van der Waals surface area contributed by atoms with Gasteiger partial charge in [0.05, 0.1) is 13.7 Å². The molecule has 2 rings (SSSR count). The number of anilines is 2. The van der Waals surface area contributed by atoms with Gasteiger partial charge in [-0.3, -0.25) is 10.0 Å². The summed E-state index contributed by atoms with van der Waals surface area (Å²) in [5, 5.41) is 13.8. The summed E-state index contributed by atoms with van der Waals surface area (Å²) >= 11 is 5.85. The molecule has 0 aliphatic rings. The van der Waals surface area contributed by atoms with Gasteiger partial charge < -0.3 is 15.4 Å². The van der Waals surface area contributed by atoms with Crippen LogP contribution in [0.3, 0.4) is 0 Å². The Hall–Kier alpha value is -2.98. The van der Waals surface area contributed by atoms with Crippen molar-refractivity contribution in [3.05, 3.63) is 41.2 Å². The lowest BCUT2D eigenvalue weighted by molar-refractivity contribution is -0.141. The van der Waals surface area contributed by atoms with Crippen LogP contribution in [0.1, 0.15) is 5.56 Å². The average molecular weight is 381 g/mol. The van der Waals surface area contributed by atoms with Crippen LogP contribution in [0.2, 0.25) is 5.28 Å². The first-order valence-electron chi connectivity index (χ1n) is 7.48. The van der Waals surface area contributed by atoms with Gasteiger partial charge in [-0.25, -0.2) is 10.3 Å². The SMILES string of the molecule is COC(=O)[C@H](Cc1ccccc1)Nc1nc(Cl)nc(NCC(=O)NO)n1. The van der Waals surface area contributed by atoms with E-state index in [1.165, 1.54) is 12.6 Å². The van der Waals surface area contributed by atoms with Gasteiger partial charge in [-0.2, -0.15) is 15.0 Å². The summed E-state index contributed by atoms with van der Waals surface area (Å²) in [6.07, 6.45) is 0.340. The highest BCUT2D eigenvalue weighted by Gasteiger charge is 2.21. The maximum Gasteiger partial charge on any atom is 0.328 e. The lowest BCUT2D eigenvalue weighted by Gasteiger charge is -2.17. The number of rotatable bonds is 8. The topological polar surface area (TPSA) is 138 Å². The molecule has 2 aromatic rings. The van der Waals surface area contributed by atoms with E-state index < -0.39 is 17.9 Å². The number of halogens is 1. The summed E-state index contributed by atoms with van der Waals surface area (Å²) in [6, 6.07) is 8.58. The fourth-order valence-electron chi connectivity index (χ4n) is 2.03. The van der Waals surface area contributed by atoms with Crippen molar-refractivity contribution in [3.63, 3.8) is 0 Å². The second kappa shape index (κ2) is 9.49. The summed E-state index contributed by atoms with van der Waals surface area (Å²) in [4.78, 5) is 34.9. The summed E-state index contributed by atoms with van der Waals surface area (Å²) in [6.45, 7) is -0.277. The molecule has 0 saturated carbocycles. The Morgan fingerprint density at radius 1 is 1.19 bits per heavy atom. The van der Waals surface area contributed by atoms with Crippen molar-refractivity contribution < 1.29 is 19.5 Å². The minimum absolute atomic E-state index is 0.000531. The minimum atomic E-state index is -0.755. The molecule has 0 aliphatic carbocycles. The molecular weight excluding hydrogens is 364 g/mol. The van der Waals surface area contributed by atoms with Gasteiger partial charge in [0.15, 0.2) is 0 Å². The Labute approximate surface area is 153 Å². The molecule has 4 N–H and O–H groups in total. The maximum absolute atomic E-state index is 12.1. The number of ether oxygens (including phenoxy) is 1. The number of hydrogen-bond donors (Lipinski definition) is 4. The monoisotopic (exact) mass is 380 g/mol. The van der Waals surface area contributed by atoms with Crippen molar-refractivity contribution in [3.8, 4) is 0 Å². The first-order chi connectivity index (χ1) is 12.5. The number of amides is 1. The largest absolute Gasteiger partial charge is 0.467 e. The molecule has 1 heterocycles. The summed E-state index contributed by atoms with van der Waals surface area (Å²) in [5.74, 6) is -1.16. The number of hydroxylamine groups is 1. The zero-order valence-corrected chi connectivity index (χ0v) is 14.5. The Balaban J connectivity index is 2.15. The lowest BCUT2D eigenvalue weighted by atomic mass is 10.1. The van der Waals surface area contributed by atoms with Crippen molar-refractivity contribution in [2.75, 3.05) is 24.3 Å². The molecule has 0 fully saturated rings. The van der Waals surface area contributed by atoms with Gasteiger partial charge in [0.25, 0.3) is 5.91 Å². The zero-order chi connectivity index (χ0) is 18.9. The number of nitrogens with zero attached hydrogens (tertiary/aromatic N) is 3. The van der Waals surface area contributed by atoms with Crippen LogP contribution in [-0.2, 0) is 20.7 Å². The van der Waals surface area contributed by atoms with Gasteiger partial charge in [0.2, 0.25) is 17.2 Å². The fraction of sp³-hybridized carbons (Fsp3) is 0.267. The maximum atomic E-state index is 12.1. The first kappa shape index (κ1) is 19.3. The number of methoxy groups -OCH3 is 1. The Morgan fingerprint density at radius 2 is 1.88 bits per heavy atom. The van der Waals surface area contributed by atoms with E-state index in [2.05, 4.69) is 25.6 Å². The van der Waals surface area contributed by atoms with Gasteiger partial charge >= 0.3 is 5.97 Å². The number of esters is 1. The minimum Gasteiger partial charge on any atom is -0.467 e. The van der Waals surface area contributed by atoms with Gasteiger partial charge in [-0.1, -0.05) is 30.3 Å². The van der Waals surface area contributed by atoms with Crippen molar-refractivity contribution >= 4 is 35.4 Å². The predicted octanol–water partition coefficient (Wildman–Crippen LogP) is 0.638. The van der Waals surface area contributed by atoms with Gasteiger partial charge in [0, 0.05) is 6.42 Å². The van der Waals surface area contributed by atoms with Crippen molar-refractivity contribution in [1.29, 1.82) is 0 Å². The van der Waals surface area contributed by atoms with E-state index in [-0.39, 0.29) is 23.7 Å². The normalized spacial score (nSPS) is 11.3. The van der Waals surface area contributed by atoms with E-state index in [0.29, 0.717) is 6.42 Å². The van der Waals surface area contributed by atoms with Crippen LogP contribution in [0.25, 0.3) is 0 Å². The molecular formula is C15H17ClN6O4. The molecule has 1 aromatic heterocycles. The van der Waals surface area contributed by atoms with E-state index in [0.717, 1.165) is 5.56 Å². The van der Waals surface area contributed by atoms with Crippen LogP contribution in [0.5, 0.6) is 0 Å². The summed E-state index contributed by atoms with van der Waals surface area (Å²) in [7, 11) is 1.28.